The van der Waals surface area contributed by atoms with Gasteiger partial charge in [0.15, 0.2) is 0 Å². The summed E-state index contributed by atoms with van der Waals surface area (Å²) in [5.74, 6) is -0.628. The molecule has 0 bridgehead atoms. The van der Waals surface area contributed by atoms with Crippen LogP contribution in [-0.2, 0) is 21.2 Å². The van der Waals surface area contributed by atoms with Gasteiger partial charge in [0.25, 0.3) is 0 Å². The second kappa shape index (κ2) is 8.91. The lowest BCUT2D eigenvalue weighted by atomic mass is 10.1. The largest absolute Gasteiger partial charge is 0.326 e. The third-order valence-electron chi connectivity index (χ3n) is 4.06. The molecule has 0 radical (unpaired) electrons. The van der Waals surface area contributed by atoms with Crippen molar-refractivity contribution in [3.63, 3.8) is 0 Å². The van der Waals surface area contributed by atoms with Crippen molar-refractivity contribution in [1.29, 1.82) is 0 Å². The SMILES string of the molecule is Cc1ccccc1NC(=O)CCN(CCc1ccccc1F)S(C)(=O)=O. The maximum Gasteiger partial charge on any atom is 0.225 e. The molecule has 0 atom stereocenters. The second-order valence-corrected chi connectivity index (χ2v) is 8.10. The van der Waals surface area contributed by atoms with E-state index in [2.05, 4.69) is 5.32 Å². The van der Waals surface area contributed by atoms with Crippen LogP contribution in [0.3, 0.4) is 0 Å². The fraction of sp³-hybridized carbons (Fsp3) is 0.316. The van der Waals surface area contributed by atoms with Crippen LogP contribution in [-0.4, -0.2) is 38.0 Å². The summed E-state index contributed by atoms with van der Waals surface area (Å²) < 4.78 is 38.8. The zero-order chi connectivity index (χ0) is 19.2. The van der Waals surface area contributed by atoms with Crippen molar-refractivity contribution in [2.45, 2.75) is 19.8 Å². The van der Waals surface area contributed by atoms with Crippen LogP contribution >= 0.6 is 0 Å². The molecule has 0 aliphatic carbocycles. The highest BCUT2D eigenvalue weighted by Gasteiger charge is 2.18. The number of carbonyl (C=O) groups excluding carboxylic acids is 1. The number of halogens is 1. The summed E-state index contributed by atoms with van der Waals surface area (Å²) in [6, 6.07) is 13.6. The summed E-state index contributed by atoms with van der Waals surface area (Å²) in [6.07, 6.45) is 1.37. The molecule has 1 amide bonds. The maximum absolute atomic E-state index is 13.7. The van der Waals surface area contributed by atoms with Crippen LogP contribution in [0, 0.1) is 12.7 Å². The highest BCUT2D eigenvalue weighted by molar-refractivity contribution is 7.88. The monoisotopic (exact) mass is 378 g/mol. The van der Waals surface area contributed by atoms with Crippen LogP contribution in [0.4, 0.5) is 10.1 Å². The van der Waals surface area contributed by atoms with E-state index in [0.29, 0.717) is 11.3 Å². The van der Waals surface area contributed by atoms with Crippen molar-refractivity contribution >= 4 is 21.6 Å². The van der Waals surface area contributed by atoms with Crippen molar-refractivity contribution in [2.24, 2.45) is 0 Å². The normalized spacial score (nSPS) is 11.5. The van der Waals surface area contributed by atoms with Crippen LogP contribution in [0.2, 0.25) is 0 Å². The van der Waals surface area contributed by atoms with Crippen molar-refractivity contribution in [3.8, 4) is 0 Å². The van der Waals surface area contributed by atoms with E-state index in [1.165, 1.54) is 10.4 Å². The maximum atomic E-state index is 13.7. The minimum Gasteiger partial charge on any atom is -0.326 e. The third-order valence-corrected chi connectivity index (χ3v) is 5.37. The van der Waals surface area contributed by atoms with Gasteiger partial charge in [0.1, 0.15) is 5.82 Å². The van der Waals surface area contributed by atoms with Gasteiger partial charge in [-0.3, -0.25) is 4.79 Å². The molecule has 2 rings (SSSR count). The van der Waals surface area contributed by atoms with E-state index >= 15 is 0 Å². The van der Waals surface area contributed by atoms with E-state index in [0.717, 1.165) is 11.8 Å². The molecule has 0 aromatic heterocycles. The predicted molar refractivity (Wildman–Crippen MR) is 101 cm³/mol. The lowest BCUT2D eigenvalue weighted by molar-refractivity contribution is -0.116. The number of amides is 1. The number of nitrogens with one attached hydrogen (secondary N) is 1. The summed E-state index contributed by atoms with van der Waals surface area (Å²) in [5, 5.41) is 2.78. The van der Waals surface area contributed by atoms with Crippen LogP contribution in [0.15, 0.2) is 48.5 Å². The third kappa shape index (κ3) is 5.93. The van der Waals surface area contributed by atoms with Gasteiger partial charge in [-0.2, -0.15) is 0 Å². The molecule has 140 valence electrons. The van der Waals surface area contributed by atoms with Crippen molar-refractivity contribution in [1.82, 2.24) is 4.31 Å². The van der Waals surface area contributed by atoms with Gasteiger partial charge in [-0.15, -0.1) is 0 Å². The minimum absolute atomic E-state index is 0.0265. The molecule has 26 heavy (non-hydrogen) atoms. The number of rotatable bonds is 8. The second-order valence-electron chi connectivity index (χ2n) is 6.12. The number of hydrogen-bond donors (Lipinski definition) is 1. The summed E-state index contributed by atoms with van der Waals surface area (Å²) in [5.41, 5.74) is 2.08. The number of anilines is 1. The highest BCUT2D eigenvalue weighted by atomic mass is 32.2. The molecule has 0 saturated heterocycles. The topological polar surface area (TPSA) is 66.5 Å². The minimum atomic E-state index is -3.49. The van der Waals surface area contributed by atoms with Gasteiger partial charge in [0, 0.05) is 25.2 Å². The average molecular weight is 378 g/mol. The number of hydrogen-bond acceptors (Lipinski definition) is 3. The fourth-order valence-electron chi connectivity index (χ4n) is 2.54. The van der Waals surface area contributed by atoms with E-state index in [9.17, 15) is 17.6 Å². The molecule has 0 saturated carbocycles. The number of carbonyl (C=O) groups is 1. The van der Waals surface area contributed by atoms with Crippen molar-refractivity contribution in [3.05, 3.63) is 65.5 Å². The van der Waals surface area contributed by atoms with E-state index in [1.54, 1.807) is 24.3 Å². The Morgan fingerprint density at radius 2 is 1.73 bits per heavy atom. The molecule has 0 spiro atoms. The number of aryl methyl sites for hydroxylation is 1. The lowest BCUT2D eigenvalue weighted by Crippen LogP contribution is -2.34. The molecule has 0 heterocycles. The molecular weight excluding hydrogens is 355 g/mol. The van der Waals surface area contributed by atoms with E-state index in [4.69, 9.17) is 0 Å². The number of para-hydroxylation sites is 1. The van der Waals surface area contributed by atoms with Gasteiger partial charge < -0.3 is 5.32 Å². The highest BCUT2D eigenvalue weighted by Crippen LogP contribution is 2.14. The smallest absolute Gasteiger partial charge is 0.225 e. The van der Waals surface area contributed by atoms with Crippen LogP contribution in [0.5, 0.6) is 0 Å². The summed E-state index contributed by atoms with van der Waals surface area (Å²) in [4.78, 5) is 12.1. The van der Waals surface area contributed by atoms with Gasteiger partial charge >= 0.3 is 0 Å². The Morgan fingerprint density at radius 3 is 2.38 bits per heavy atom. The van der Waals surface area contributed by atoms with Gasteiger partial charge in [-0.1, -0.05) is 36.4 Å². The Kier molecular flexibility index (Phi) is 6.88. The standard InChI is InChI=1S/C19H23FN2O3S/c1-15-7-3-6-10-18(15)21-19(23)12-14-22(26(2,24)25)13-11-16-8-4-5-9-17(16)20/h3-10H,11-14H2,1-2H3,(H,21,23). The van der Waals surface area contributed by atoms with E-state index in [1.807, 2.05) is 25.1 Å². The Morgan fingerprint density at radius 1 is 1.08 bits per heavy atom. The molecule has 0 aliphatic heterocycles. The first-order chi connectivity index (χ1) is 12.3. The van der Waals surface area contributed by atoms with E-state index in [-0.39, 0.29) is 37.7 Å². The van der Waals surface area contributed by atoms with Gasteiger partial charge in [-0.05, 0) is 36.6 Å². The predicted octanol–water partition coefficient (Wildman–Crippen LogP) is 2.97. The molecule has 0 unspecified atom stereocenters. The Hall–Kier alpha value is -2.25. The van der Waals surface area contributed by atoms with Gasteiger partial charge in [0.2, 0.25) is 15.9 Å². The molecule has 2 aromatic carbocycles. The first-order valence-electron chi connectivity index (χ1n) is 8.31. The lowest BCUT2D eigenvalue weighted by Gasteiger charge is -2.20. The van der Waals surface area contributed by atoms with Crippen LogP contribution in [0.1, 0.15) is 17.5 Å². The molecule has 0 aliphatic rings. The summed E-state index contributed by atoms with van der Waals surface area (Å²) >= 11 is 0. The van der Waals surface area contributed by atoms with Gasteiger partial charge in [0.05, 0.1) is 6.26 Å². The Bertz CT molecular complexity index is 869. The Labute approximate surface area is 153 Å². The number of benzene rings is 2. The van der Waals surface area contributed by atoms with Gasteiger partial charge in [-0.25, -0.2) is 17.1 Å². The molecule has 2 aromatic rings. The molecule has 1 N–H and O–H groups in total. The molecule has 5 nitrogen and oxygen atoms in total. The quantitative estimate of drug-likeness (QED) is 0.768. The van der Waals surface area contributed by atoms with Crippen molar-refractivity contribution < 1.29 is 17.6 Å². The first-order valence-corrected chi connectivity index (χ1v) is 10.2. The molecule has 0 fully saturated rings. The average Bonchev–Trinajstić information content (AvgIpc) is 2.57. The van der Waals surface area contributed by atoms with E-state index < -0.39 is 10.0 Å². The summed E-state index contributed by atoms with van der Waals surface area (Å²) in [6.45, 7) is 2.05. The zero-order valence-electron chi connectivity index (χ0n) is 14.9. The van der Waals surface area contributed by atoms with Crippen molar-refractivity contribution in [2.75, 3.05) is 24.7 Å². The molecular formula is C19H23FN2O3S. The van der Waals surface area contributed by atoms with Crippen LogP contribution < -0.4 is 5.32 Å². The van der Waals surface area contributed by atoms with Crippen LogP contribution in [0.25, 0.3) is 0 Å². The molecule has 7 heteroatoms. The zero-order valence-corrected chi connectivity index (χ0v) is 15.7. The summed E-state index contributed by atoms with van der Waals surface area (Å²) in [7, 11) is -3.49. The number of nitrogens with zero attached hydrogens (tertiary/aromatic N) is 1. The fourth-order valence-corrected chi connectivity index (χ4v) is 3.39. The first kappa shape index (κ1) is 20.1. The number of sulfonamides is 1. The Balaban J connectivity index is 1.95.